The van der Waals surface area contributed by atoms with Crippen LogP contribution in [0.4, 0.5) is 8.78 Å². The third kappa shape index (κ3) is 3.72. The van der Waals surface area contributed by atoms with Crippen molar-refractivity contribution in [2.24, 2.45) is 0 Å². The van der Waals surface area contributed by atoms with E-state index in [1.54, 1.807) is 37.3 Å². The van der Waals surface area contributed by atoms with Crippen LogP contribution in [0.1, 0.15) is 20.8 Å². The Hall–Kier alpha value is -2.80. The molecule has 26 heavy (non-hydrogen) atoms. The second kappa shape index (κ2) is 7.61. The van der Waals surface area contributed by atoms with Crippen LogP contribution in [0.2, 0.25) is 0 Å². The molecular weight excluding hydrogens is 360 g/mol. The van der Waals surface area contributed by atoms with Crippen LogP contribution < -0.4 is 5.32 Å². The fourth-order valence-corrected chi connectivity index (χ4v) is 3.65. The van der Waals surface area contributed by atoms with Gasteiger partial charge in [-0.3, -0.25) is 4.79 Å². The van der Waals surface area contributed by atoms with Crippen molar-refractivity contribution in [1.29, 1.82) is 0 Å². The lowest BCUT2D eigenvalue weighted by Crippen LogP contribution is -2.28. The van der Waals surface area contributed by atoms with Gasteiger partial charge in [-0.25, -0.2) is 13.6 Å². The molecule has 1 heterocycles. The number of fused-ring (bicyclic) bond motifs is 1. The lowest BCUT2D eigenvalue weighted by molar-refractivity contribution is -0.124. The first-order valence-corrected chi connectivity index (χ1v) is 8.64. The number of ether oxygens (including phenoxy) is 1. The SMILES string of the molecule is Cc1c(C(=O)OCC(=O)NCc2ccccc2F)sc2cccc(F)c12. The Balaban J connectivity index is 1.60. The van der Waals surface area contributed by atoms with Crippen molar-refractivity contribution >= 4 is 33.3 Å². The summed E-state index contributed by atoms with van der Waals surface area (Å²) < 4.78 is 33.0. The number of thiophene rings is 1. The van der Waals surface area contributed by atoms with Crippen LogP contribution in [-0.2, 0) is 16.1 Å². The Morgan fingerprint density at radius 3 is 2.54 bits per heavy atom. The Morgan fingerprint density at radius 2 is 1.81 bits per heavy atom. The maximum Gasteiger partial charge on any atom is 0.349 e. The number of carbonyl (C=O) groups excluding carboxylic acids is 2. The number of carbonyl (C=O) groups is 2. The van der Waals surface area contributed by atoms with Gasteiger partial charge in [0.2, 0.25) is 0 Å². The Kier molecular flexibility index (Phi) is 5.27. The Morgan fingerprint density at radius 1 is 1.08 bits per heavy atom. The highest BCUT2D eigenvalue weighted by atomic mass is 32.1. The van der Waals surface area contributed by atoms with Crippen molar-refractivity contribution in [2.45, 2.75) is 13.5 Å². The van der Waals surface area contributed by atoms with Gasteiger partial charge in [0.15, 0.2) is 6.61 Å². The first kappa shape index (κ1) is 18.0. The second-order valence-electron chi connectivity index (χ2n) is 5.61. The van der Waals surface area contributed by atoms with Crippen molar-refractivity contribution in [3.05, 3.63) is 70.1 Å². The number of hydrogen-bond acceptors (Lipinski definition) is 4. The largest absolute Gasteiger partial charge is 0.451 e. The summed E-state index contributed by atoms with van der Waals surface area (Å²) in [6, 6.07) is 10.7. The fraction of sp³-hybridized carbons (Fsp3) is 0.158. The normalized spacial score (nSPS) is 10.7. The van der Waals surface area contributed by atoms with Crippen molar-refractivity contribution in [3.8, 4) is 0 Å². The summed E-state index contributed by atoms with van der Waals surface area (Å²) >= 11 is 1.11. The Bertz CT molecular complexity index is 984. The van der Waals surface area contributed by atoms with Gasteiger partial charge in [-0.2, -0.15) is 0 Å². The van der Waals surface area contributed by atoms with E-state index in [0.29, 0.717) is 21.2 Å². The quantitative estimate of drug-likeness (QED) is 0.687. The van der Waals surface area contributed by atoms with Crippen LogP contribution in [0.15, 0.2) is 42.5 Å². The van der Waals surface area contributed by atoms with E-state index in [-0.39, 0.29) is 11.4 Å². The van der Waals surface area contributed by atoms with Gasteiger partial charge in [-0.1, -0.05) is 24.3 Å². The molecule has 0 fully saturated rings. The van der Waals surface area contributed by atoms with Crippen molar-refractivity contribution < 1.29 is 23.1 Å². The molecular formula is C19H15F2NO3S. The zero-order chi connectivity index (χ0) is 18.7. The first-order chi connectivity index (χ1) is 12.5. The fourth-order valence-electron chi connectivity index (χ4n) is 2.53. The number of halogens is 2. The molecule has 3 rings (SSSR count). The van der Waals surface area contributed by atoms with Gasteiger partial charge in [0.05, 0.1) is 0 Å². The Labute approximate surface area is 152 Å². The van der Waals surface area contributed by atoms with Gasteiger partial charge < -0.3 is 10.1 Å². The lowest BCUT2D eigenvalue weighted by Gasteiger charge is -2.07. The van der Waals surface area contributed by atoms with Gasteiger partial charge in [-0.05, 0) is 30.7 Å². The summed E-state index contributed by atoms with van der Waals surface area (Å²) in [5, 5.41) is 2.87. The zero-order valence-electron chi connectivity index (χ0n) is 13.8. The molecule has 0 spiro atoms. The third-order valence-corrected chi connectivity index (χ3v) is 5.09. The average molecular weight is 375 g/mol. The molecule has 0 saturated carbocycles. The predicted molar refractivity (Wildman–Crippen MR) is 95.0 cm³/mol. The highest BCUT2D eigenvalue weighted by Crippen LogP contribution is 2.32. The minimum absolute atomic E-state index is 0.00379. The van der Waals surface area contributed by atoms with Gasteiger partial charge in [0.1, 0.15) is 16.5 Å². The lowest BCUT2D eigenvalue weighted by atomic mass is 10.1. The number of amides is 1. The maximum absolute atomic E-state index is 13.9. The van der Waals surface area contributed by atoms with Crippen LogP contribution in [0.5, 0.6) is 0 Å². The molecule has 0 aliphatic heterocycles. The minimum Gasteiger partial charge on any atom is -0.451 e. The van der Waals surface area contributed by atoms with E-state index < -0.39 is 30.1 Å². The molecule has 1 amide bonds. The van der Waals surface area contributed by atoms with Gasteiger partial charge in [0, 0.05) is 22.2 Å². The van der Waals surface area contributed by atoms with E-state index in [4.69, 9.17) is 4.74 Å². The van der Waals surface area contributed by atoms with E-state index in [1.165, 1.54) is 12.1 Å². The molecule has 1 aromatic heterocycles. The highest BCUT2D eigenvalue weighted by Gasteiger charge is 2.19. The topological polar surface area (TPSA) is 55.4 Å². The molecule has 3 aromatic rings. The van der Waals surface area contributed by atoms with Crippen LogP contribution in [0.25, 0.3) is 10.1 Å². The zero-order valence-corrected chi connectivity index (χ0v) is 14.7. The summed E-state index contributed by atoms with van der Waals surface area (Å²) in [4.78, 5) is 24.3. The first-order valence-electron chi connectivity index (χ1n) is 7.82. The van der Waals surface area contributed by atoms with Crippen molar-refractivity contribution in [3.63, 3.8) is 0 Å². The van der Waals surface area contributed by atoms with Crippen LogP contribution in [-0.4, -0.2) is 18.5 Å². The van der Waals surface area contributed by atoms with Crippen LogP contribution in [0.3, 0.4) is 0 Å². The number of esters is 1. The molecule has 0 aliphatic rings. The summed E-state index contributed by atoms with van der Waals surface area (Å²) in [6.07, 6.45) is 0. The molecule has 1 N–H and O–H groups in total. The van der Waals surface area contributed by atoms with E-state index in [9.17, 15) is 18.4 Å². The van der Waals surface area contributed by atoms with Crippen molar-refractivity contribution in [1.82, 2.24) is 5.32 Å². The number of benzene rings is 2. The molecule has 0 atom stereocenters. The molecule has 134 valence electrons. The molecule has 0 unspecified atom stereocenters. The van der Waals surface area contributed by atoms with Crippen LogP contribution >= 0.6 is 11.3 Å². The number of hydrogen-bond donors (Lipinski definition) is 1. The third-order valence-electron chi connectivity index (χ3n) is 3.86. The second-order valence-corrected chi connectivity index (χ2v) is 6.67. The number of rotatable bonds is 5. The van der Waals surface area contributed by atoms with Gasteiger partial charge in [-0.15, -0.1) is 11.3 Å². The molecule has 0 saturated heterocycles. The smallest absolute Gasteiger partial charge is 0.349 e. The van der Waals surface area contributed by atoms with E-state index in [0.717, 1.165) is 11.3 Å². The maximum atomic E-state index is 13.9. The molecule has 0 radical (unpaired) electrons. The minimum atomic E-state index is -0.691. The standard InChI is InChI=1S/C19H15F2NO3S/c1-11-17-14(21)7-4-8-15(17)26-18(11)19(24)25-10-16(23)22-9-12-5-2-3-6-13(12)20/h2-8H,9-10H2,1H3,(H,22,23). The van der Waals surface area contributed by atoms with E-state index in [1.807, 2.05) is 0 Å². The number of aryl methyl sites for hydroxylation is 1. The molecule has 0 bridgehead atoms. The van der Waals surface area contributed by atoms with Crippen molar-refractivity contribution in [2.75, 3.05) is 6.61 Å². The van der Waals surface area contributed by atoms with Gasteiger partial charge >= 0.3 is 5.97 Å². The van der Waals surface area contributed by atoms with Gasteiger partial charge in [0.25, 0.3) is 5.91 Å². The highest BCUT2D eigenvalue weighted by molar-refractivity contribution is 7.21. The predicted octanol–water partition coefficient (Wildman–Crippen LogP) is 3.96. The summed E-state index contributed by atoms with van der Waals surface area (Å²) in [5.41, 5.74) is 0.822. The number of nitrogens with one attached hydrogen (secondary N) is 1. The van der Waals surface area contributed by atoms with E-state index >= 15 is 0 Å². The molecule has 7 heteroatoms. The van der Waals surface area contributed by atoms with E-state index in [2.05, 4.69) is 5.32 Å². The molecule has 0 aliphatic carbocycles. The molecule has 2 aromatic carbocycles. The molecule has 4 nitrogen and oxygen atoms in total. The monoisotopic (exact) mass is 375 g/mol. The summed E-state index contributed by atoms with van der Waals surface area (Å²) in [7, 11) is 0. The summed E-state index contributed by atoms with van der Waals surface area (Å²) in [5.74, 6) is -2.07. The summed E-state index contributed by atoms with van der Waals surface area (Å²) in [6.45, 7) is 1.14. The van der Waals surface area contributed by atoms with Crippen LogP contribution in [0, 0.1) is 18.6 Å². The average Bonchev–Trinajstić information content (AvgIpc) is 2.97.